The molecule has 9 rings (SSSR count). The molecule has 7 aromatic carbocycles. The largest absolute Gasteiger partial charge is 0.436 e. The van der Waals surface area contributed by atoms with Crippen LogP contribution < -0.4 is 4.90 Å². The zero-order chi connectivity index (χ0) is 29.7. The molecule has 45 heavy (non-hydrogen) atoms. The fraction of sp³-hybridized carbons (Fsp3) is 0. The summed E-state index contributed by atoms with van der Waals surface area (Å²) in [5.41, 5.74) is 8.31. The maximum Gasteiger partial charge on any atom is 0.227 e. The van der Waals surface area contributed by atoms with Crippen molar-refractivity contribution in [3.63, 3.8) is 0 Å². The molecule has 0 atom stereocenters. The molecule has 0 aliphatic rings. The standard InChI is InChI=1S/C41H26N2OS/c1-3-12-27(13-4-1)41-42-40-33-20-10-21-35(32(33)24-25-36(40)44-41)43(29-15-5-2-6-16-29)30-17-9-14-28(26-30)31-19-11-23-38-39(31)34-18-7-8-22-37(34)45-38/h1-26H. The maximum absolute atomic E-state index is 6.23. The van der Waals surface area contributed by atoms with Crippen LogP contribution in [0.15, 0.2) is 162 Å². The van der Waals surface area contributed by atoms with Crippen LogP contribution in [0, 0.1) is 0 Å². The third kappa shape index (κ3) is 4.30. The van der Waals surface area contributed by atoms with E-state index in [4.69, 9.17) is 9.40 Å². The Morgan fingerprint density at radius 1 is 0.511 bits per heavy atom. The number of benzene rings is 7. The molecule has 0 N–H and O–H groups in total. The highest BCUT2D eigenvalue weighted by atomic mass is 32.1. The quantitative estimate of drug-likeness (QED) is 0.198. The molecule has 3 nitrogen and oxygen atoms in total. The molecule has 9 aromatic rings. The fourth-order valence-electron chi connectivity index (χ4n) is 6.46. The topological polar surface area (TPSA) is 29.3 Å². The van der Waals surface area contributed by atoms with E-state index in [-0.39, 0.29) is 0 Å². The van der Waals surface area contributed by atoms with Crippen LogP contribution in [-0.4, -0.2) is 4.98 Å². The SMILES string of the molecule is c1ccc(-c2nc3c(ccc4c(N(c5ccccc5)c5cccc(-c6cccc7sc8ccccc8c67)c5)cccc43)o2)cc1. The molecule has 0 unspecified atom stereocenters. The molecule has 0 amide bonds. The maximum atomic E-state index is 6.23. The average molecular weight is 595 g/mol. The highest BCUT2D eigenvalue weighted by Crippen LogP contribution is 2.44. The van der Waals surface area contributed by atoms with Gasteiger partial charge in [-0.05, 0) is 77.9 Å². The molecular formula is C41H26N2OS. The minimum atomic E-state index is 0.631. The van der Waals surface area contributed by atoms with E-state index in [1.807, 2.05) is 47.7 Å². The van der Waals surface area contributed by atoms with Crippen molar-refractivity contribution in [2.45, 2.75) is 0 Å². The first-order chi connectivity index (χ1) is 22.3. The van der Waals surface area contributed by atoms with Crippen LogP contribution in [-0.2, 0) is 0 Å². The van der Waals surface area contributed by atoms with Crippen molar-refractivity contribution < 1.29 is 4.42 Å². The van der Waals surface area contributed by atoms with Gasteiger partial charge in [0.2, 0.25) is 5.89 Å². The van der Waals surface area contributed by atoms with Crippen molar-refractivity contribution in [3.05, 3.63) is 158 Å². The lowest BCUT2D eigenvalue weighted by Crippen LogP contribution is -2.10. The summed E-state index contributed by atoms with van der Waals surface area (Å²) in [5, 5.41) is 4.79. The molecule has 2 aromatic heterocycles. The Balaban J connectivity index is 1.24. The summed E-state index contributed by atoms with van der Waals surface area (Å²) in [4.78, 5) is 7.32. The van der Waals surface area contributed by atoms with E-state index in [1.165, 1.54) is 31.3 Å². The molecule has 0 spiro atoms. The van der Waals surface area contributed by atoms with Gasteiger partial charge >= 0.3 is 0 Å². The first-order valence-corrected chi connectivity index (χ1v) is 15.9. The van der Waals surface area contributed by atoms with Gasteiger partial charge in [-0.2, -0.15) is 0 Å². The first-order valence-electron chi connectivity index (χ1n) is 15.1. The van der Waals surface area contributed by atoms with Crippen LogP contribution in [0.5, 0.6) is 0 Å². The normalized spacial score (nSPS) is 11.6. The van der Waals surface area contributed by atoms with Gasteiger partial charge in [0.05, 0.1) is 5.69 Å². The number of nitrogens with zero attached hydrogens (tertiary/aromatic N) is 2. The van der Waals surface area contributed by atoms with Gasteiger partial charge in [-0.15, -0.1) is 11.3 Å². The highest BCUT2D eigenvalue weighted by Gasteiger charge is 2.19. The van der Waals surface area contributed by atoms with Gasteiger partial charge in [-0.25, -0.2) is 4.98 Å². The van der Waals surface area contributed by atoms with Gasteiger partial charge in [0.25, 0.3) is 0 Å². The Bertz CT molecular complexity index is 2500. The number of hydrogen-bond donors (Lipinski definition) is 0. The van der Waals surface area contributed by atoms with Crippen LogP contribution >= 0.6 is 11.3 Å². The predicted octanol–water partition coefficient (Wildman–Crippen LogP) is 12.2. The van der Waals surface area contributed by atoms with E-state index in [1.54, 1.807) is 0 Å². The van der Waals surface area contributed by atoms with Crippen LogP contribution in [0.25, 0.3) is 64.6 Å². The lowest BCUT2D eigenvalue weighted by Gasteiger charge is -2.27. The summed E-state index contributed by atoms with van der Waals surface area (Å²) in [6, 6.07) is 55.6. The molecule has 0 bridgehead atoms. The van der Waals surface area contributed by atoms with Crippen molar-refractivity contribution in [1.29, 1.82) is 0 Å². The van der Waals surface area contributed by atoms with Gasteiger partial charge in [0.15, 0.2) is 5.58 Å². The predicted molar refractivity (Wildman–Crippen MR) is 190 cm³/mol. The number of oxazole rings is 1. The lowest BCUT2D eigenvalue weighted by molar-refractivity contribution is 0.620. The van der Waals surface area contributed by atoms with Crippen LogP contribution in [0.4, 0.5) is 17.1 Å². The minimum Gasteiger partial charge on any atom is -0.436 e. The molecule has 0 aliphatic carbocycles. The van der Waals surface area contributed by atoms with Crippen LogP contribution in [0.2, 0.25) is 0 Å². The highest BCUT2D eigenvalue weighted by molar-refractivity contribution is 7.25. The minimum absolute atomic E-state index is 0.631. The third-order valence-electron chi connectivity index (χ3n) is 8.49. The van der Waals surface area contributed by atoms with Crippen molar-refractivity contribution in [3.8, 4) is 22.6 Å². The summed E-state index contributed by atoms with van der Waals surface area (Å²) in [6.45, 7) is 0. The zero-order valence-electron chi connectivity index (χ0n) is 24.2. The molecule has 212 valence electrons. The second-order valence-corrected chi connectivity index (χ2v) is 12.3. The summed E-state index contributed by atoms with van der Waals surface area (Å²) in [5.74, 6) is 0.631. The molecule has 0 saturated carbocycles. The fourth-order valence-corrected chi connectivity index (χ4v) is 7.59. The van der Waals surface area contributed by atoms with Gasteiger partial charge in [0, 0.05) is 47.9 Å². The molecule has 0 radical (unpaired) electrons. The molecule has 0 fully saturated rings. The number of anilines is 3. The first kappa shape index (κ1) is 25.8. The number of para-hydroxylation sites is 1. The number of rotatable bonds is 5. The van der Waals surface area contributed by atoms with E-state index < -0.39 is 0 Å². The van der Waals surface area contributed by atoms with Crippen LogP contribution in [0.1, 0.15) is 0 Å². The average Bonchev–Trinajstić information content (AvgIpc) is 3.72. The third-order valence-corrected chi connectivity index (χ3v) is 9.62. The van der Waals surface area contributed by atoms with Crippen molar-refractivity contribution >= 4 is 70.4 Å². The molecule has 0 saturated heterocycles. The monoisotopic (exact) mass is 594 g/mol. The Morgan fingerprint density at radius 2 is 1.20 bits per heavy atom. The Kier molecular flexibility index (Phi) is 6.00. The van der Waals surface area contributed by atoms with Crippen molar-refractivity contribution in [1.82, 2.24) is 4.98 Å². The number of hydrogen-bond acceptors (Lipinski definition) is 4. The molecule has 4 heteroatoms. The smallest absolute Gasteiger partial charge is 0.227 e. The Morgan fingerprint density at radius 3 is 2.09 bits per heavy atom. The lowest BCUT2D eigenvalue weighted by atomic mass is 9.98. The van der Waals surface area contributed by atoms with E-state index in [2.05, 4.69) is 126 Å². The Hall–Kier alpha value is -5.71. The summed E-state index contributed by atoms with van der Waals surface area (Å²) < 4.78 is 8.85. The van der Waals surface area contributed by atoms with Gasteiger partial charge in [-0.1, -0.05) is 91.0 Å². The van der Waals surface area contributed by atoms with Gasteiger partial charge in [0.1, 0.15) is 5.52 Å². The van der Waals surface area contributed by atoms with Gasteiger partial charge in [-0.3, -0.25) is 0 Å². The zero-order valence-corrected chi connectivity index (χ0v) is 25.0. The van der Waals surface area contributed by atoms with Gasteiger partial charge < -0.3 is 9.32 Å². The number of aromatic nitrogens is 1. The van der Waals surface area contributed by atoms with Crippen LogP contribution in [0.3, 0.4) is 0 Å². The van der Waals surface area contributed by atoms with E-state index in [0.717, 1.165) is 44.5 Å². The summed E-state index contributed by atoms with van der Waals surface area (Å²) in [7, 11) is 0. The molecule has 2 heterocycles. The molecule has 0 aliphatic heterocycles. The number of fused-ring (bicyclic) bond motifs is 6. The Labute approximate surface area is 264 Å². The summed E-state index contributed by atoms with van der Waals surface area (Å²) in [6.07, 6.45) is 0. The van der Waals surface area contributed by atoms with Crippen molar-refractivity contribution in [2.75, 3.05) is 4.90 Å². The molecular weight excluding hydrogens is 569 g/mol. The van der Waals surface area contributed by atoms with Crippen molar-refractivity contribution in [2.24, 2.45) is 0 Å². The van der Waals surface area contributed by atoms with E-state index in [9.17, 15) is 0 Å². The second kappa shape index (κ2) is 10.5. The van der Waals surface area contributed by atoms with E-state index >= 15 is 0 Å². The number of thiophene rings is 1. The second-order valence-electron chi connectivity index (χ2n) is 11.2. The van der Waals surface area contributed by atoms with E-state index in [0.29, 0.717) is 5.89 Å². The summed E-state index contributed by atoms with van der Waals surface area (Å²) >= 11 is 1.85.